The summed E-state index contributed by atoms with van der Waals surface area (Å²) in [5.74, 6) is 0. The van der Waals surface area contributed by atoms with Crippen LogP contribution < -0.4 is 4.90 Å². The van der Waals surface area contributed by atoms with Gasteiger partial charge in [-0.2, -0.15) is 5.26 Å². The fraction of sp³-hybridized carbons (Fsp3) is 0.636. The highest BCUT2D eigenvalue weighted by atomic mass is 32.1. The molecule has 0 unspecified atom stereocenters. The van der Waals surface area contributed by atoms with Crippen molar-refractivity contribution in [2.45, 2.75) is 19.8 Å². The molecule has 0 atom stereocenters. The number of ether oxygens (including phenoxy) is 1. The zero-order valence-corrected chi connectivity index (χ0v) is 10.2. The second-order valence-electron chi connectivity index (χ2n) is 3.65. The average Bonchev–Trinajstić information content (AvgIpc) is 2.74. The van der Waals surface area contributed by atoms with Crippen LogP contribution in [0.2, 0.25) is 0 Å². The van der Waals surface area contributed by atoms with Crippen LogP contribution in [0.1, 0.15) is 17.5 Å². The molecule has 1 aliphatic heterocycles. The zero-order chi connectivity index (χ0) is 11.4. The Labute approximate surface area is 99.5 Å². The minimum absolute atomic E-state index is 0.477. The molecule has 0 amide bonds. The normalized spacial score (nSPS) is 16.1. The highest BCUT2D eigenvalue weighted by Crippen LogP contribution is 2.27. The van der Waals surface area contributed by atoms with Crippen LogP contribution in [0, 0.1) is 11.3 Å². The van der Waals surface area contributed by atoms with Gasteiger partial charge in [0.2, 0.25) is 0 Å². The van der Waals surface area contributed by atoms with Crippen molar-refractivity contribution in [3.8, 4) is 6.07 Å². The smallest absolute Gasteiger partial charge is 0.185 e. The van der Waals surface area contributed by atoms with Gasteiger partial charge in [-0.05, 0) is 6.42 Å². The molecule has 1 fully saturated rings. The topological polar surface area (TPSA) is 49.2 Å². The first kappa shape index (κ1) is 11.4. The molecule has 1 saturated heterocycles. The number of hydrogen-bond donors (Lipinski definition) is 0. The molecule has 0 aliphatic carbocycles. The van der Waals surface area contributed by atoms with E-state index in [1.165, 1.54) is 0 Å². The molecule has 4 nitrogen and oxygen atoms in total. The Morgan fingerprint density at radius 2 is 2.25 bits per heavy atom. The number of nitrogens with zero attached hydrogens (tertiary/aromatic N) is 3. The van der Waals surface area contributed by atoms with Gasteiger partial charge < -0.3 is 9.64 Å². The van der Waals surface area contributed by atoms with Crippen LogP contribution in [0.3, 0.4) is 0 Å². The third-order valence-corrected chi connectivity index (χ3v) is 3.78. The van der Waals surface area contributed by atoms with E-state index < -0.39 is 0 Å². The van der Waals surface area contributed by atoms with Crippen LogP contribution in [0.4, 0.5) is 5.13 Å². The molecule has 2 rings (SSSR count). The Morgan fingerprint density at radius 1 is 1.50 bits per heavy atom. The second kappa shape index (κ2) is 5.28. The summed E-state index contributed by atoms with van der Waals surface area (Å²) in [4.78, 5) is 7.97. The number of rotatable bonds is 3. The molecule has 16 heavy (non-hydrogen) atoms. The van der Waals surface area contributed by atoms with Crippen LogP contribution in [-0.2, 0) is 17.6 Å². The van der Waals surface area contributed by atoms with Crippen LogP contribution in [0.25, 0.3) is 0 Å². The van der Waals surface area contributed by atoms with E-state index in [0.717, 1.165) is 48.4 Å². The van der Waals surface area contributed by atoms with E-state index >= 15 is 0 Å². The largest absolute Gasteiger partial charge is 0.378 e. The molecule has 0 N–H and O–H groups in total. The average molecular weight is 237 g/mol. The molecule has 1 aliphatic rings. The van der Waals surface area contributed by atoms with Gasteiger partial charge in [-0.25, -0.2) is 4.98 Å². The summed E-state index contributed by atoms with van der Waals surface area (Å²) < 4.78 is 5.31. The number of aromatic nitrogens is 1. The van der Waals surface area contributed by atoms with E-state index in [9.17, 15) is 0 Å². The van der Waals surface area contributed by atoms with Gasteiger partial charge in [0.15, 0.2) is 5.13 Å². The van der Waals surface area contributed by atoms with Crippen molar-refractivity contribution in [2.24, 2.45) is 0 Å². The fourth-order valence-electron chi connectivity index (χ4n) is 1.75. The van der Waals surface area contributed by atoms with Crippen LogP contribution in [-0.4, -0.2) is 31.3 Å². The van der Waals surface area contributed by atoms with E-state index in [4.69, 9.17) is 10.00 Å². The van der Waals surface area contributed by atoms with E-state index in [1.807, 2.05) is 0 Å². The maximum absolute atomic E-state index is 8.75. The first-order valence-electron chi connectivity index (χ1n) is 5.53. The van der Waals surface area contributed by atoms with Crippen LogP contribution >= 0.6 is 11.3 Å². The number of nitriles is 1. The first-order valence-corrected chi connectivity index (χ1v) is 6.35. The summed E-state index contributed by atoms with van der Waals surface area (Å²) in [5.41, 5.74) is 1.08. The fourth-order valence-corrected chi connectivity index (χ4v) is 2.88. The summed E-state index contributed by atoms with van der Waals surface area (Å²) in [6.45, 7) is 5.44. The van der Waals surface area contributed by atoms with Gasteiger partial charge in [-0.15, -0.1) is 11.3 Å². The molecule has 86 valence electrons. The number of morpholine rings is 1. The minimum Gasteiger partial charge on any atom is -0.378 e. The molecular formula is C11H15N3OS. The predicted octanol–water partition coefficient (Wildman–Crippen LogP) is 1.61. The Bertz CT molecular complexity index is 390. The Hall–Kier alpha value is -1.12. The number of thiazole rings is 1. The highest BCUT2D eigenvalue weighted by Gasteiger charge is 2.17. The van der Waals surface area contributed by atoms with Gasteiger partial charge >= 0.3 is 0 Å². The maximum Gasteiger partial charge on any atom is 0.185 e. The van der Waals surface area contributed by atoms with Crippen LogP contribution in [0.5, 0.6) is 0 Å². The summed E-state index contributed by atoms with van der Waals surface area (Å²) in [6, 6.07) is 2.20. The zero-order valence-electron chi connectivity index (χ0n) is 9.40. The minimum atomic E-state index is 0.477. The van der Waals surface area contributed by atoms with Crippen molar-refractivity contribution in [1.29, 1.82) is 5.26 Å². The summed E-state index contributed by atoms with van der Waals surface area (Å²) in [6.07, 6.45) is 1.38. The van der Waals surface area contributed by atoms with Crippen molar-refractivity contribution in [3.05, 3.63) is 10.6 Å². The van der Waals surface area contributed by atoms with Gasteiger partial charge in [0.1, 0.15) is 0 Å². The lowest BCUT2D eigenvalue weighted by Gasteiger charge is -2.26. The lowest BCUT2D eigenvalue weighted by Crippen LogP contribution is -2.36. The third kappa shape index (κ3) is 2.34. The van der Waals surface area contributed by atoms with Crippen LogP contribution in [0.15, 0.2) is 0 Å². The highest BCUT2D eigenvalue weighted by molar-refractivity contribution is 7.15. The molecular weight excluding hydrogens is 222 g/mol. The Balaban J connectivity index is 2.17. The standard InChI is InChI=1S/C11H15N3OS/c1-2-9-10(3-4-12)16-11(13-9)14-5-7-15-8-6-14/h2-3,5-8H2,1H3. The Kier molecular flexibility index (Phi) is 3.75. The summed E-state index contributed by atoms with van der Waals surface area (Å²) in [5, 5.41) is 9.80. The van der Waals surface area contributed by atoms with Gasteiger partial charge in [0.05, 0.1) is 31.4 Å². The number of hydrogen-bond acceptors (Lipinski definition) is 5. The number of aryl methyl sites for hydroxylation is 1. The molecule has 0 bridgehead atoms. The van der Waals surface area contributed by atoms with Crippen molar-refractivity contribution in [3.63, 3.8) is 0 Å². The lowest BCUT2D eigenvalue weighted by atomic mass is 10.2. The molecule has 0 radical (unpaired) electrons. The van der Waals surface area contributed by atoms with E-state index in [0.29, 0.717) is 6.42 Å². The number of anilines is 1. The predicted molar refractivity (Wildman–Crippen MR) is 63.8 cm³/mol. The third-order valence-electron chi connectivity index (χ3n) is 2.62. The quantitative estimate of drug-likeness (QED) is 0.801. The van der Waals surface area contributed by atoms with E-state index in [2.05, 4.69) is 22.9 Å². The molecule has 1 aromatic heterocycles. The van der Waals surface area contributed by atoms with Crippen molar-refractivity contribution >= 4 is 16.5 Å². The van der Waals surface area contributed by atoms with Gasteiger partial charge in [0.25, 0.3) is 0 Å². The summed E-state index contributed by atoms with van der Waals surface area (Å²) in [7, 11) is 0. The lowest BCUT2D eigenvalue weighted by molar-refractivity contribution is 0.122. The SMILES string of the molecule is CCc1nc(N2CCOCC2)sc1CC#N. The van der Waals surface area contributed by atoms with Crippen molar-refractivity contribution < 1.29 is 4.74 Å². The molecule has 2 heterocycles. The molecule has 5 heteroatoms. The van der Waals surface area contributed by atoms with E-state index in [1.54, 1.807) is 11.3 Å². The van der Waals surface area contributed by atoms with Gasteiger partial charge in [-0.3, -0.25) is 0 Å². The van der Waals surface area contributed by atoms with Crippen molar-refractivity contribution in [1.82, 2.24) is 4.98 Å². The van der Waals surface area contributed by atoms with E-state index in [-0.39, 0.29) is 0 Å². The van der Waals surface area contributed by atoms with Gasteiger partial charge in [0, 0.05) is 18.0 Å². The Morgan fingerprint density at radius 3 is 2.88 bits per heavy atom. The molecule has 0 aromatic carbocycles. The molecule has 1 aromatic rings. The summed E-state index contributed by atoms with van der Waals surface area (Å²) >= 11 is 1.65. The first-order chi connectivity index (χ1) is 7.85. The maximum atomic E-state index is 8.75. The van der Waals surface area contributed by atoms with Gasteiger partial charge in [-0.1, -0.05) is 6.92 Å². The van der Waals surface area contributed by atoms with Crippen molar-refractivity contribution in [2.75, 3.05) is 31.2 Å². The second-order valence-corrected chi connectivity index (χ2v) is 4.72. The molecule has 0 saturated carbocycles. The monoisotopic (exact) mass is 237 g/mol. The molecule has 0 spiro atoms.